The maximum absolute atomic E-state index is 12.3. The molecule has 0 unspecified atom stereocenters. The fraction of sp³-hybridized carbons (Fsp3) is 0.0588. The number of aromatic nitrogens is 2. The van der Waals surface area contributed by atoms with Crippen molar-refractivity contribution in [3.05, 3.63) is 91.2 Å². The molecule has 6 nitrogen and oxygen atoms in total. The van der Waals surface area contributed by atoms with Crippen LogP contribution in [0.4, 0.5) is 0 Å². The molecule has 3 aromatic rings. The average Bonchev–Trinajstić information content (AvgIpc) is 2.54. The van der Waals surface area contributed by atoms with Crippen molar-refractivity contribution >= 4 is 11.6 Å². The van der Waals surface area contributed by atoms with E-state index in [2.05, 4.69) is 9.97 Å². The Morgan fingerprint density at radius 3 is 1.67 bits per heavy atom. The highest BCUT2D eigenvalue weighted by Crippen LogP contribution is 2.36. The molecule has 24 heavy (non-hydrogen) atoms. The van der Waals surface area contributed by atoms with Crippen molar-refractivity contribution in [2.45, 2.75) is 5.92 Å². The topological polar surface area (TPSA) is 106 Å². The summed E-state index contributed by atoms with van der Waals surface area (Å²) in [5.41, 5.74) is -0.660. The SMILES string of the molecule is O=c1[nH]ccc(O)c1C(c1ccc(Cl)cc1)c1c(O)cc[nH]c1=O. The Kier molecular flexibility index (Phi) is 4.14. The third-order valence-electron chi connectivity index (χ3n) is 3.73. The molecule has 0 aliphatic rings. The number of halogens is 1. The zero-order chi connectivity index (χ0) is 17.3. The van der Waals surface area contributed by atoms with Gasteiger partial charge in [0, 0.05) is 17.4 Å². The molecule has 0 saturated carbocycles. The molecule has 0 aliphatic carbocycles. The number of hydrogen-bond donors (Lipinski definition) is 4. The number of hydrogen-bond acceptors (Lipinski definition) is 4. The Morgan fingerprint density at radius 2 is 1.25 bits per heavy atom. The molecule has 122 valence electrons. The van der Waals surface area contributed by atoms with Gasteiger partial charge in [-0.1, -0.05) is 23.7 Å². The summed E-state index contributed by atoms with van der Waals surface area (Å²) < 4.78 is 0. The van der Waals surface area contributed by atoms with Crippen LogP contribution in [0.15, 0.2) is 58.4 Å². The first kappa shape index (κ1) is 15.9. The molecule has 1 aromatic carbocycles. The molecule has 0 atom stereocenters. The molecule has 2 aromatic heterocycles. The highest BCUT2D eigenvalue weighted by molar-refractivity contribution is 6.30. The lowest BCUT2D eigenvalue weighted by Crippen LogP contribution is -2.23. The lowest BCUT2D eigenvalue weighted by Gasteiger charge is -2.19. The number of H-pyrrole nitrogens is 2. The molecule has 0 saturated heterocycles. The van der Waals surface area contributed by atoms with Crippen molar-refractivity contribution in [2.75, 3.05) is 0 Å². The third-order valence-corrected chi connectivity index (χ3v) is 3.99. The van der Waals surface area contributed by atoms with Gasteiger partial charge in [-0.3, -0.25) is 9.59 Å². The summed E-state index contributed by atoms with van der Waals surface area (Å²) in [6, 6.07) is 9.09. The van der Waals surface area contributed by atoms with Gasteiger partial charge in [-0.05, 0) is 29.8 Å². The summed E-state index contributed by atoms with van der Waals surface area (Å²) in [5.74, 6) is -1.51. The quantitative estimate of drug-likeness (QED) is 0.585. The predicted octanol–water partition coefficient (Wildman–Crippen LogP) is 2.31. The number of nitrogens with one attached hydrogen (secondary N) is 2. The Bertz CT molecular complexity index is 933. The van der Waals surface area contributed by atoms with Gasteiger partial charge in [0.1, 0.15) is 11.5 Å². The minimum atomic E-state index is -0.961. The fourth-order valence-corrected chi connectivity index (χ4v) is 2.78. The number of pyridine rings is 2. The first-order valence-electron chi connectivity index (χ1n) is 7.05. The van der Waals surface area contributed by atoms with E-state index in [1.807, 2.05) is 0 Å². The van der Waals surface area contributed by atoms with Crippen LogP contribution in [-0.2, 0) is 0 Å². The Hall–Kier alpha value is -2.99. The van der Waals surface area contributed by atoms with Crippen LogP contribution < -0.4 is 11.1 Å². The smallest absolute Gasteiger partial charge is 0.255 e. The van der Waals surface area contributed by atoms with Crippen LogP contribution in [0.25, 0.3) is 0 Å². The molecule has 0 fully saturated rings. The van der Waals surface area contributed by atoms with Crippen molar-refractivity contribution in [1.82, 2.24) is 9.97 Å². The molecule has 0 spiro atoms. The van der Waals surface area contributed by atoms with Gasteiger partial charge in [-0.2, -0.15) is 0 Å². The second-order valence-electron chi connectivity index (χ2n) is 5.20. The zero-order valence-electron chi connectivity index (χ0n) is 12.3. The number of benzene rings is 1. The highest BCUT2D eigenvalue weighted by atomic mass is 35.5. The fourth-order valence-electron chi connectivity index (χ4n) is 2.65. The van der Waals surface area contributed by atoms with Gasteiger partial charge in [-0.15, -0.1) is 0 Å². The maximum atomic E-state index is 12.3. The molecule has 0 radical (unpaired) electrons. The molecule has 7 heteroatoms. The summed E-state index contributed by atoms with van der Waals surface area (Å²) in [5, 5.41) is 20.8. The third kappa shape index (κ3) is 2.79. The standard InChI is InChI=1S/C17H13ClN2O4/c18-10-3-1-9(2-4-10)13(14-11(21)5-7-19-16(14)23)15-12(22)6-8-20-17(15)24/h1-8,13H,(H2,19,21,23)(H2,20,22,24). The van der Waals surface area contributed by atoms with Gasteiger partial charge in [0.15, 0.2) is 0 Å². The molecule has 0 aliphatic heterocycles. The number of aromatic hydroxyl groups is 2. The largest absolute Gasteiger partial charge is 0.507 e. The zero-order valence-corrected chi connectivity index (χ0v) is 13.0. The molecule has 2 heterocycles. The molecular weight excluding hydrogens is 332 g/mol. The van der Waals surface area contributed by atoms with Crippen LogP contribution in [0, 0.1) is 0 Å². The minimum Gasteiger partial charge on any atom is -0.507 e. The Morgan fingerprint density at radius 1 is 0.792 bits per heavy atom. The summed E-state index contributed by atoms with van der Waals surface area (Å²) in [7, 11) is 0. The van der Waals surface area contributed by atoms with Crippen molar-refractivity contribution < 1.29 is 10.2 Å². The van der Waals surface area contributed by atoms with Crippen molar-refractivity contribution in [3.63, 3.8) is 0 Å². The normalized spacial score (nSPS) is 10.9. The van der Waals surface area contributed by atoms with Crippen LogP contribution in [0.2, 0.25) is 5.02 Å². The second kappa shape index (κ2) is 6.25. The molecule has 0 amide bonds. The minimum absolute atomic E-state index is 0.0353. The van der Waals surface area contributed by atoms with Crippen LogP contribution in [0.1, 0.15) is 22.6 Å². The van der Waals surface area contributed by atoms with Gasteiger partial charge < -0.3 is 20.2 Å². The van der Waals surface area contributed by atoms with Crippen LogP contribution in [0.3, 0.4) is 0 Å². The van der Waals surface area contributed by atoms with Gasteiger partial charge in [0.25, 0.3) is 11.1 Å². The van der Waals surface area contributed by atoms with E-state index in [0.717, 1.165) is 0 Å². The van der Waals surface area contributed by atoms with Crippen molar-refractivity contribution in [2.24, 2.45) is 0 Å². The number of aromatic amines is 2. The first-order valence-corrected chi connectivity index (χ1v) is 7.43. The van der Waals surface area contributed by atoms with Crippen LogP contribution in [-0.4, -0.2) is 20.2 Å². The van der Waals surface area contributed by atoms with Gasteiger partial charge >= 0.3 is 0 Å². The maximum Gasteiger partial charge on any atom is 0.255 e. The van der Waals surface area contributed by atoms with Crippen molar-refractivity contribution in [1.29, 1.82) is 0 Å². The van der Waals surface area contributed by atoms with E-state index in [1.54, 1.807) is 24.3 Å². The lowest BCUT2D eigenvalue weighted by molar-refractivity contribution is 0.455. The molecule has 3 rings (SSSR count). The number of rotatable bonds is 3. The lowest BCUT2D eigenvalue weighted by atomic mass is 9.85. The van der Waals surface area contributed by atoms with E-state index in [0.29, 0.717) is 10.6 Å². The van der Waals surface area contributed by atoms with E-state index >= 15 is 0 Å². The predicted molar refractivity (Wildman–Crippen MR) is 89.9 cm³/mol. The Labute approximate surface area is 141 Å². The highest BCUT2D eigenvalue weighted by Gasteiger charge is 2.28. The summed E-state index contributed by atoms with van der Waals surface area (Å²) >= 11 is 5.90. The molecule has 4 N–H and O–H groups in total. The summed E-state index contributed by atoms with van der Waals surface area (Å²) in [4.78, 5) is 29.5. The molecule has 0 bridgehead atoms. The summed E-state index contributed by atoms with van der Waals surface area (Å²) in [6.07, 6.45) is 2.60. The van der Waals surface area contributed by atoms with Crippen molar-refractivity contribution in [3.8, 4) is 11.5 Å². The van der Waals surface area contributed by atoms with Crippen LogP contribution in [0.5, 0.6) is 11.5 Å². The van der Waals surface area contributed by atoms with E-state index in [1.165, 1.54) is 24.5 Å². The van der Waals surface area contributed by atoms with E-state index < -0.39 is 17.0 Å². The molecular formula is C17H13ClN2O4. The van der Waals surface area contributed by atoms with E-state index in [9.17, 15) is 19.8 Å². The summed E-state index contributed by atoms with van der Waals surface area (Å²) in [6.45, 7) is 0. The van der Waals surface area contributed by atoms with Crippen LogP contribution >= 0.6 is 11.6 Å². The van der Waals surface area contributed by atoms with Gasteiger partial charge in [0.2, 0.25) is 0 Å². The van der Waals surface area contributed by atoms with E-state index in [-0.39, 0.29) is 22.6 Å². The Balaban J connectivity index is 2.36. The average molecular weight is 345 g/mol. The van der Waals surface area contributed by atoms with Gasteiger partial charge in [-0.25, -0.2) is 0 Å². The van der Waals surface area contributed by atoms with E-state index in [4.69, 9.17) is 11.6 Å². The monoisotopic (exact) mass is 344 g/mol. The second-order valence-corrected chi connectivity index (χ2v) is 5.63. The first-order chi connectivity index (χ1) is 11.5. The van der Waals surface area contributed by atoms with Gasteiger partial charge in [0.05, 0.1) is 17.0 Å².